The zero-order chi connectivity index (χ0) is 38.6. The van der Waals surface area contributed by atoms with Crippen LogP contribution in [0.5, 0.6) is 17.2 Å². The normalized spacial score (nSPS) is 10.9. The molecule has 15 nitrogen and oxygen atoms in total. The molecular weight excluding hydrogens is 648 g/mol. The molecule has 4 rings (SSSR count). The zero-order valence-corrected chi connectivity index (χ0v) is 27.4. The van der Waals surface area contributed by atoms with Gasteiger partial charge >= 0.3 is 12.1 Å². The number of hydrogen-bond acceptors (Lipinski definition) is 11. The Morgan fingerprint density at radius 2 is 1.15 bits per heavy atom. The minimum absolute atomic E-state index is 0.00688. The third-order valence-electron chi connectivity index (χ3n) is 5.19. The van der Waals surface area contributed by atoms with Crippen LogP contribution in [0.3, 0.4) is 0 Å². The number of nitrogens with one attached hydrogen (secondary N) is 2. The van der Waals surface area contributed by atoms with Crippen LogP contribution in [0.1, 0.15) is 45.3 Å². The van der Waals surface area contributed by atoms with Gasteiger partial charge in [-0.05, 0) is 79.1 Å². The monoisotopic (exact) mass is 689 g/mol. The van der Waals surface area contributed by atoms with Crippen LogP contribution in [0, 0.1) is 12.8 Å². The molecule has 1 fully saturated rings. The SMILES string of the molecule is CNC(=O)c1ccc(O)cc1.CNC(=O)c1ccc(OC(=O)ON2C(=O)CCC2=O)cc1.C[NH3+].O=C(O)c1ccc(O)cc1.[2H]C#C.[2H]SC. The van der Waals surface area contributed by atoms with E-state index >= 15 is 0 Å². The van der Waals surface area contributed by atoms with Crippen molar-refractivity contribution < 1.29 is 60.8 Å². The lowest BCUT2D eigenvalue weighted by Crippen LogP contribution is -2.40. The number of carbonyl (C=O) groups is 6. The second-order valence-electron chi connectivity index (χ2n) is 8.11. The first-order valence-electron chi connectivity index (χ1n) is 14.4. The van der Waals surface area contributed by atoms with E-state index in [2.05, 4.69) is 27.6 Å². The molecule has 4 amide bonds. The van der Waals surface area contributed by atoms with Gasteiger partial charge in [-0.1, -0.05) is 5.06 Å². The van der Waals surface area contributed by atoms with E-state index in [-0.39, 0.29) is 47.5 Å². The zero-order valence-electron chi connectivity index (χ0n) is 28.6. The molecule has 0 atom stereocenters. The van der Waals surface area contributed by atoms with Gasteiger partial charge in [-0.15, -0.1) is 12.8 Å². The lowest BCUT2D eigenvalue weighted by Gasteiger charge is -2.12. The number of ether oxygens (including phenoxy) is 1. The molecule has 3 aromatic carbocycles. The number of aromatic carboxylic acids is 1. The topological polar surface area (TPSA) is 237 Å². The molecule has 0 aliphatic carbocycles. The van der Waals surface area contributed by atoms with Gasteiger partial charge in [0, 0.05) is 38.1 Å². The molecule has 16 heteroatoms. The van der Waals surface area contributed by atoms with Gasteiger partial charge in [0.15, 0.2) is 0 Å². The Bertz CT molecular complexity index is 1540. The minimum Gasteiger partial charge on any atom is -0.508 e. The molecule has 0 radical (unpaired) electrons. The summed E-state index contributed by atoms with van der Waals surface area (Å²) in [5, 5.41) is 31.3. The Morgan fingerprint density at radius 1 is 0.812 bits per heavy atom. The van der Waals surface area contributed by atoms with E-state index in [1.165, 1.54) is 74.1 Å². The van der Waals surface area contributed by atoms with Crippen molar-refractivity contribution >= 4 is 48.3 Å². The van der Waals surface area contributed by atoms with E-state index in [9.17, 15) is 28.8 Å². The van der Waals surface area contributed by atoms with E-state index in [1.807, 2.05) is 0 Å². The van der Waals surface area contributed by atoms with E-state index < -0.39 is 23.9 Å². The van der Waals surface area contributed by atoms with Gasteiger partial charge < -0.3 is 36.4 Å². The highest BCUT2D eigenvalue weighted by atomic mass is 32.1. The molecule has 8 N–H and O–H groups in total. The summed E-state index contributed by atoms with van der Waals surface area (Å²) in [6.07, 6.45) is 6.28. The smallest absolute Gasteiger partial charge is 0.508 e. The maximum absolute atomic E-state index is 11.5. The van der Waals surface area contributed by atoms with E-state index in [0.29, 0.717) is 16.2 Å². The van der Waals surface area contributed by atoms with Crippen LogP contribution in [0.15, 0.2) is 72.8 Å². The van der Waals surface area contributed by atoms with Crippen LogP contribution in [0.4, 0.5) is 4.79 Å². The summed E-state index contributed by atoms with van der Waals surface area (Å²) in [5.41, 5.74) is 4.37. The first-order chi connectivity index (χ1) is 23.8. The number of carboxylic acid groups (broad SMARTS) is 1. The molecule has 1 heterocycles. The van der Waals surface area contributed by atoms with Crippen LogP contribution in [-0.4, -0.2) is 84.7 Å². The molecule has 1 aliphatic heterocycles. The molecule has 48 heavy (non-hydrogen) atoms. The summed E-state index contributed by atoms with van der Waals surface area (Å²) in [5.74, 6) is -2.24. The van der Waals surface area contributed by atoms with Crippen molar-refractivity contribution in [3.63, 3.8) is 0 Å². The highest BCUT2D eigenvalue weighted by Gasteiger charge is 2.33. The number of rotatable bonds is 5. The van der Waals surface area contributed by atoms with Gasteiger partial charge in [-0.2, -0.15) is 12.5 Å². The molecule has 0 saturated carbocycles. The fraction of sp³-hybridized carbons (Fsp3) is 0.188. The number of carbonyl (C=O) groups excluding carboxylic acids is 5. The predicted molar refractivity (Wildman–Crippen MR) is 178 cm³/mol. The molecular formula is C32H39N4O11S+. The van der Waals surface area contributed by atoms with Crippen molar-refractivity contribution in [3.05, 3.63) is 89.5 Å². The number of quaternary nitrogens is 1. The van der Waals surface area contributed by atoms with Gasteiger partial charge in [0.25, 0.3) is 23.6 Å². The van der Waals surface area contributed by atoms with Gasteiger partial charge in [0.05, 0.1) is 12.6 Å². The molecule has 3 aromatic rings. The minimum atomic E-state index is -1.20. The summed E-state index contributed by atoms with van der Waals surface area (Å²) < 4.78 is 16.7. The van der Waals surface area contributed by atoms with Crippen molar-refractivity contribution in [2.45, 2.75) is 12.8 Å². The molecule has 1 saturated heterocycles. The Morgan fingerprint density at radius 3 is 1.48 bits per heavy atom. The standard InChI is InChI=1S/C13H12N2O6.C8H9NO2.C7H6O3.C2H2.CH5N.CH4S/c1-14-12(18)8-2-4-9(5-3-8)20-13(19)21-15-10(16)6-7-11(15)17;1-9-8(11)6-2-4-7(10)5-3-6;8-6-3-1-5(2-4-6)7(9)10;3*1-2/h2-5H,6-7H2,1H3,(H,14,18);2-5,10H,1H3,(H,9,11);1-4,8H,(H,9,10);1-2H;2H2,1H3;2H,1H3/p+1/i;;;1D;;/hD. The fourth-order valence-electron chi connectivity index (χ4n) is 3.03. The Kier molecular flexibility index (Phi) is 21.0. The number of aromatic hydroxyl groups is 2. The van der Waals surface area contributed by atoms with Gasteiger partial charge in [0.2, 0.25) is 0 Å². The number of carboxylic acids is 1. The number of imide groups is 1. The Balaban J connectivity index is 0. The summed E-state index contributed by atoms with van der Waals surface area (Å²) in [6.45, 7) is 0. The van der Waals surface area contributed by atoms with Crippen molar-refractivity contribution in [3.8, 4) is 30.1 Å². The maximum Gasteiger partial charge on any atom is 0.539 e. The number of benzene rings is 3. The first kappa shape index (κ1) is 40.0. The maximum atomic E-state index is 11.5. The van der Waals surface area contributed by atoms with Crippen LogP contribution < -0.4 is 21.1 Å². The third-order valence-corrected chi connectivity index (χ3v) is 5.19. The summed E-state index contributed by atoms with van der Waals surface area (Å²) >= 11 is 1.000. The largest absolute Gasteiger partial charge is 0.539 e. The number of hydroxylamine groups is 2. The van der Waals surface area contributed by atoms with Gasteiger partial charge in [0.1, 0.15) is 19.7 Å². The molecule has 258 valence electrons. The molecule has 0 bridgehead atoms. The Hall–Kier alpha value is -6.05. The average molecular weight is 690 g/mol. The van der Waals surface area contributed by atoms with Gasteiger partial charge in [-0.25, -0.2) is 9.59 Å². The third kappa shape index (κ3) is 16.3. The number of nitrogens with zero attached hydrogens (tertiary/aromatic N) is 1. The van der Waals surface area contributed by atoms with Crippen molar-refractivity contribution in [1.29, 1.82) is 1.12 Å². The van der Waals surface area contributed by atoms with Crippen molar-refractivity contribution in [2.75, 3.05) is 27.4 Å². The lowest BCUT2D eigenvalue weighted by molar-refractivity contribution is -0.325. The Labute approximate surface area is 285 Å². The molecule has 1 aliphatic rings. The van der Waals surface area contributed by atoms with Crippen molar-refractivity contribution in [2.24, 2.45) is 0 Å². The predicted octanol–water partition coefficient (Wildman–Crippen LogP) is 2.12. The fourth-order valence-corrected chi connectivity index (χ4v) is 3.03. The lowest BCUT2D eigenvalue weighted by atomic mass is 10.2. The number of amides is 4. The summed E-state index contributed by atoms with van der Waals surface area (Å²) in [6, 6.07) is 17.1. The quantitative estimate of drug-likeness (QED) is 0.0673. The first-order valence-corrected chi connectivity index (χ1v) is 14.3. The second kappa shape index (κ2) is 25.2. The summed E-state index contributed by atoms with van der Waals surface area (Å²) in [4.78, 5) is 71.0. The van der Waals surface area contributed by atoms with Crippen LogP contribution in [-0.2, 0) is 14.4 Å². The van der Waals surface area contributed by atoms with E-state index in [1.54, 1.807) is 32.5 Å². The number of thiol groups is 1. The number of phenolic OH excluding ortho intramolecular Hbond substituents is 2. The second-order valence-corrected chi connectivity index (χ2v) is 8.11. The van der Waals surface area contributed by atoms with Gasteiger partial charge in [-0.3, -0.25) is 24.0 Å². The highest BCUT2D eigenvalue weighted by Crippen LogP contribution is 2.16. The summed E-state index contributed by atoms with van der Waals surface area (Å²) in [7, 11) is 4.81. The van der Waals surface area contributed by atoms with E-state index in [4.69, 9.17) is 22.6 Å². The molecule has 0 aromatic heterocycles. The molecule has 0 unspecified atom stereocenters. The average Bonchev–Trinajstić information content (AvgIpc) is 3.42. The highest BCUT2D eigenvalue weighted by molar-refractivity contribution is 7.79. The van der Waals surface area contributed by atoms with Crippen molar-refractivity contribution in [1.82, 2.24) is 15.7 Å². The van der Waals surface area contributed by atoms with Crippen LogP contribution in [0.2, 0.25) is 0 Å². The van der Waals surface area contributed by atoms with E-state index in [0.717, 1.165) is 12.5 Å². The van der Waals surface area contributed by atoms with Crippen LogP contribution >= 0.6 is 12.5 Å². The number of terminal acetylenes is 1. The number of phenols is 2. The van der Waals surface area contributed by atoms with Crippen LogP contribution in [0.25, 0.3) is 0 Å². The number of hydrogen-bond donors (Lipinski definition) is 7. The molecule has 0 spiro atoms.